The normalized spacial score (nSPS) is 14.5. The van der Waals surface area contributed by atoms with Gasteiger partial charge in [0.05, 0.1) is 6.10 Å². The number of hydrogen-bond acceptors (Lipinski definition) is 3. The maximum Gasteiger partial charge on any atom is 0.270 e. The summed E-state index contributed by atoms with van der Waals surface area (Å²) >= 11 is 0. The summed E-state index contributed by atoms with van der Waals surface area (Å²) in [6.07, 6.45) is 17.3. The third kappa shape index (κ3) is 15.0. The Kier molecular flexibility index (Phi) is 16.9. The van der Waals surface area contributed by atoms with Gasteiger partial charge in [-0.1, -0.05) is 110 Å². The first kappa shape index (κ1) is 25.9. The Morgan fingerprint density at radius 2 is 0.962 bits per heavy atom. The molecule has 0 aliphatic carbocycles. The molecule has 2 unspecified atom stereocenters. The summed E-state index contributed by atoms with van der Waals surface area (Å²) in [7, 11) is -4.17. The summed E-state index contributed by atoms with van der Waals surface area (Å²) in [5.41, 5.74) is 0. The second-order valence-corrected chi connectivity index (χ2v) is 9.43. The molecular weight excluding hydrogens is 348 g/mol. The summed E-state index contributed by atoms with van der Waals surface area (Å²) in [6, 6.07) is 0. The molecule has 5 heteroatoms. The molecule has 4 nitrogen and oxygen atoms in total. The number of aliphatic hydroxyl groups is 1. The molecule has 0 radical (unpaired) electrons. The highest BCUT2D eigenvalue weighted by molar-refractivity contribution is 7.86. The Bertz CT molecular complexity index is 395. The van der Waals surface area contributed by atoms with E-state index < -0.39 is 21.5 Å². The van der Waals surface area contributed by atoms with E-state index in [9.17, 15) is 18.1 Å². The summed E-state index contributed by atoms with van der Waals surface area (Å²) in [6.45, 7) is 4.34. The molecule has 0 rings (SSSR count). The van der Waals surface area contributed by atoms with Crippen LogP contribution in [0.1, 0.15) is 123 Å². The van der Waals surface area contributed by atoms with E-state index in [4.69, 9.17) is 0 Å². The van der Waals surface area contributed by atoms with Gasteiger partial charge in [-0.25, -0.2) is 0 Å². The van der Waals surface area contributed by atoms with Crippen LogP contribution < -0.4 is 0 Å². The zero-order valence-electron chi connectivity index (χ0n) is 17.3. The lowest BCUT2D eigenvalue weighted by Gasteiger charge is -2.20. The molecule has 0 bridgehead atoms. The van der Waals surface area contributed by atoms with Gasteiger partial charge in [-0.2, -0.15) is 8.42 Å². The fourth-order valence-corrected chi connectivity index (χ4v) is 4.51. The lowest BCUT2D eigenvalue weighted by molar-refractivity contribution is 0.146. The molecule has 2 atom stereocenters. The minimum absolute atomic E-state index is 0.359. The van der Waals surface area contributed by atoms with Gasteiger partial charge in [-0.15, -0.1) is 0 Å². The lowest BCUT2D eigenvalue weighted by Crippen LogP contribution is -2.33. The van der Waals surface area contributed by atoms with Crippen LogP contribution in [0, 0.1) is 0 Å². The molecule has 158 valence electrons. The number of hydrogen-bond donors (Lipinski definition) is 2. The van der Waals surface area contributed by atoms with Crippen molar-refractivity contribution in [3.05, 3.63) is 0 Å². The van der Waals surface area contributed by atoms with E-state index in [1.807, 2.05) is 0 Å². The molecule has 2 N–H and O–H groups in total. The van der Waals surface area contributed by atoms with Crippen LogP contribution in [0.25, 0.3) is 0 Å². The predicted molar refractivity (Wildman–Crippen MR) is 111 cm³/mol. The second-order valence-electron chi connectivity index (χ2n) is 7.79. The highest BCUT2D eigenvalue weighted by atomic mass is 32.2. The second kappa shape index (κ2) is 17.0. The monoisotopic (exact) mass is 392 g/mol. The Morgan fingerprint density at radius 3 is 1.38 bits per heavy atom. The highest BCUT2D eigenvalue weighted by Crippen LogP contribution is 2.20. The molecule has 0 saturated carbocycles. The molecule has 0 aromatic carbocycles. The summed E-state index contributed by atoms with van der Waals surface area (Å²) in [4.78, 5) is 0. The van der Waals surface area contributed by atoms with Crippen molar-refractivity contribution < 1.29 is 18.1 Å². The van der Waals surface area contributed by atoms with Crippen LogP contribution in [0.2, 0.25) is 0 Å². The van der Waals surface area contributed by atoms with E-state index >= 15 is 0 Å². The molecule has 26 heavy (non-hydrogen) atoms. The Labute approximate surface area is 162 Å². The van der Waals surface area contributed by atoms with Gasteiger partial charge in [-0.05, 0) is 12.8 Å². The van der Waals surface area contributed by atoms with Crippen molar-refractivity contribution in [3.8, 4) is 0 Å². The summed E-state index contributed by atoms with van der Waals surface area (Å²) < 4.78 is 32.5. The first-order chi connectivity index (χ1) is 12.4. The zero-order valence-corrected chi connectivity index (χ0v) is 18.1. The van der Waals surface area contributed by atoms with Gasteiger partial charge in [0.2, 0.25) is 0 Å². The Balaban J connectivity index is 3.77. The molecule has 0 spiro atoms. The Hall–Kier alpha value is -0.130. The summed E-state index contributed by atoms with van der Waals surface area (Å²) in [5, 5.41) is 9.19. The fraction of sp³-hybridized carbons (Fsp3) is 1.00. The third-order valence-corrected chi connectivity index (χ3v) is 6.57. The Morgan fingerprint density at radius 1 is 0.615 bits per heavy atom. The lowest BCUT2D eigenvalue weighted by atomic mass is 10.0. The van der Waals surface area contributed by atoms with Crippen LogP contribution in [-0.2, 0) is 10.1 Å². The standard InChI is InChI=1S/C21H44O4S/c1-3-5-7-9-10-11-12-13-14-15-16-18-20(22)21(26(23,24)25)19-17-8-6-4-2/h20-22H,3-19H2,1-2H3,(H,23,24,25). The molecule has 0 aliphatic rings. The first-order valence-corrected chi connectivity index (χ1v) is 12.6. The van der Waals surface area contributed by atoms with Crippen LogP contribution >= 0.6 is 0 Å². The van der Waals surface area contributed by atoms with Crippen molar-refractivity contribution >= 4 is 10.1 Å². The smallest absolute Gasteiger partial charge is 0.270 e. The van der Waals surface area contributed by atoms with Crippen LogP contribution in [-0.4, -0.2) is 29.4 Å². The SMILES string of the molecule is CCCCCCCCCCCCCC(O)C(CCCCCC)S(=O)(=O)O. The third-order valence-electron chi connectivity index (χ3n) is 5.26. The van der Waals surface area contributed by atoms with Gasteiger partial charge in [0, 0.05) is 0 Å². The average molecular weight is 393 g/mol. The minimum Gasteiger partial charge on any atom is -0.392 e. The van der Waals surface area contributed by atoms with Crippen molar-refractivity contribution in [1.82, 2.24) is 0 Å². The van der Waals surface area contributed by atoms with Gasteiger partial charge >= 0.3 is 0 Å². The summed E-state index contributed by atoms with van der Waals surface area (Å²) in [5.74, 6) is 0. The quantitative estimate of drug-likeness (QED) is 0.200. The van der Waals surface area contributed by atoms with Gasteiger partial charge < -0.3 is 5.11 Å². The van der Waals surface area contributed by atoms with E-state index in [-0.39, 0.29) is 0 Å². The predicted octanol–water partition coefficient (Wildman–Crippen LogP) is 6.28. The van der Waals surface area contributed by atoms with Crippen LogP contribution in [0.15, 0.2) is 0 Å². The largest absolute Gasteiger partial charge is 0.392 e. The van der Waals surface area contributed by atoms with Crippen LogP contribution in [0.4, 0.5) is 0 Å². The van der Waals surface area contributed by atoms with Crippen molar-refractivity contribution in [2.24, 2.45) is 0 Å². The maximum atomic E-state index is 11.5. The van der Waals surface area contributed by atoms with E-state index in [0.717, 1.165) is 44.9 Å². The van der Waals surface area contributed by atoms with E-state index in [1.165, 1.54) is 51.4 Å². The van der Waals surface area contributed by atoms with Crippen molar-refractivity contribution in [3.63, 3.8) is 0 Å². The van der Waals surface area contributed by atoms with Gasteiger partial charge in [0.1, 0.15) is 5.25 Å². The highest BCUT2D eigenvalue weighted by Gasteiger charge is 2.29. The van der Waals surface area contributed by atoms with Crippen molar-refractivity contribution in [2.45, 2.75) is 134 Å². The molecule has 0 saturated heterocycles. The van der Waals surface area contributed by atoms with Crippen molar-refractivity contribution in [1.29, 1.82) is 0 Å². The number of unbranched alkanes of at least 4 members (excludes halogenated alkanes) is 13. The van der Waals surface area contributed by atoms with Crippen LogP contribution in [0.5, 0.6) is 0 Å². The van der Waals surface area contributed by atoms with Crippen LogP contribution in [0.3, 0.4) is 0 Å². The van der Waals surface area contributed by atoms with Gasteiger partial charge in [-0.3, -0.25) is 4.55 Å². The van der Waals surface area contributed by atoms with E-state index in [1.54, 1.807) is 0 Å². The molecule has 0 aromatic rings. The average Bonchev–Trinajstić information content (AvgIpc) is 2.58. The molecule has 0 aliphatic heterocycles. The first-order valence-electron chi connectivity index (χ1n) is 11.1. The van der Waals surface area contributed by atoms with E-state index in [0.29, 0.717) is 12.8 Å². The number of rotatable bonds is 19. The van der Waals surface area contributed by atoms with Gasteiger partial charge in [0.15, 0.2) is 0 Å². The molecule has 0 fully saturated rings. The van der Waals surface area contributed by atoms with E-state index in [2.05, 4.69) is 13.8 Å². The topological polar surface area (TPSA) is 74.6 Å². The molecule has 0 amide bonds. The fourth-order valence-electron chi connectivity index (χ4n) is 3.52. The van der Waals surface area contributed by atoms with Crippen molar-refractivity contribution in [2.75, 3.05) is 0 Å². The number of aliphatic hydroxyl groups excluding tert-OH is 1. The molecular formula is C21H44O4S. The maximum absolute atomic E-state index is 11.5. The minimum atomic E-state index is -4.17. The molecule has 0 heterocycles. The zero-order chi connectivity index (χ0) is 19.7. The van der Waals surface area contributed by atoms with Gasteiger partial charge in [0.25, 0.3) is 10.1 Å². The molecule has 0 aromatic heterocycles.